The van der Waals surface area contributed by atoms with Crippen LogP contribution in [0.2, 0.25) is 0 Å². The minimum absolute atomic E-state index is 0. The number of benzene rings is 1. The minimum atomic E-state index is -3.19. The maximum absolute atomic E-state index is 12.0. The average molecular weight is 455 g/mol. The molecule has 1 rings (SSSR count). The highest BCUT2D eigenvalue weighted by Crippen LogP contribution is 2.16. The largest absolute Gasteiger partial charge is 0.380 e. The Hall–Kier alpha value is -0.870. The van der Waals surface area contributed by atoms with Crippen LogP contribution in [0.25, 0.3) is 0 Å². The van der Waals surface area contributed by atoms with E-state index >= 15 is 0 Å². The Morgan fingerprint density at radius 3 is 2.48 bits per heavy atom. The van der Waals surface area contributed by atoms with Gasteiger partial charge in [0.25, 0.3) is 0 Å². The van der Waals surface area contributed by atoms with Crippen molar-refractivity contribution in [1.82, 2.24) is 0 Å². The number of nitrogens with one attached hydrogen (secondary N) is 1. The van der Waals surface area contributed by atoms with E-state index in [1.54, 1.807) is 27.9 Å². The summed E-state index contributed by atoms with van der Waals surface area (Å²) in [5, 5.41) is 2.97. The van der Waals surface area contributed by atoms with Gasteiger partial charge in [0.2, 0.25) is 0 Å². The van der Waals surface area contributed by atoms with Gasteiger partial charge in [0.05, 0.1) is 23.7 Å². The van der Waals surface area contributed by atoms with Crippen LogP contribution >= 0.6 is 24.0 Å². The fourth-order valence-electron chi connectivity index (χ4n) is 1.69. The number of nitrogens with zero attached hydrogens (tertiary/aromatic N) is 1. The molecule has 0 radical (unpaired) electrons. The highest BCUT2D eigenvalue weighted by Gasteiger charge is 2.28. The first-order valence-corrected chi connectivity index (χ1v) is 8.68. The molecule has 23 heavy (non-hydrogen) atoms. The summed E-state index contributed by atoms with van der Waals surface area (Å²) in [6.45, 7) is 5.61. The maximum atomic E-state index is 12.0. The third-order valence-electron chi connectivity index (χ3n) is 3.16. The molecule has 132 valence electrons. The summed E-state index contributed by atoms with van der Waals surface area (Å²) in [5.74, 6) is 0.158. The van der Waals surface area contributed by atoms with E-state index in [-0.39, 0.29) is 42.2 Å². The minimum Gasteiger partial charge on any atom is -0.380 e. The lowest BCUT2D eigenvalue weighted by Crippen LogP contribution is -2.32. The van der Waals surface area contributed by atoms with Crippen molar-refractivity contribution >= 4 is 45.5 Å². The fourth-order valence-corrected chi connectivity index (χ4v) is 2.64. The van der Waals surface area contributed by atoms with Gasteiger partial charge in [-0.1, -0.05) is 18.2 Å². The molecule has 0 saturated heterocycles. The number of sulfone groups is 1. The summed E-state index contributed by atoms with van der Waals surface area (Å²) in [4.78, 5) is 4.08. The molecule has 0 heterocycles. The zero-order valence-electron chi connectivity index (χ0n) is 14.0. The van der Waals surface area contributed by atoms with Gasteiger partial charge in [0, 0.05) is 18.4 Å². The lowest BCUT2D eigenvalue weighted by Gasteiger charge is -2.18. The highest BCUT2D eigenvalue weighted by molar-refractivity contribution is 14.0. The second-order valence-electron chi connectivity index (χ2n) is 5.91. The molecule has 0 spiro atoms. The van der Waals surface area contributed by atoms with Crippen molar-refractivity contribution in [3.05, 3.63) is 29.8 Å². The van der Waals surface area contributed by atoms with Crippen LogP contribution in [0.1, 0.15) is 26.3 Å². The van der Waals surface area contributed by atoms with Gasteiger partial charge < -0.3 is 15.8 Å². The van der Waals surface area contributed by atoms with Crippen LogP contribution in [0.4, 0.5) is 5.69 Å². The standard InChI is InChI=1S/C15H25N3O3S.HI/c1-15(2,3)22(19,20)10-9-17-14(16)18-13-8-6-5-7-12(13)11-21-4;/h5-8H,9-11H2,1-4H3,(H3,16,17,18);1H. The van der Waals surface area contributed by atoms with E-state index in [9.17, 15) is 8.42 Å². The van der Waals surface area contributed by atoms with E-state index in [1.165, 1.54) is 0 Å². The van der Waals surface area contributed by atoms with Gasteiger partial charge in [-0.05, 0) is 26.8 Å². The molecule has 0 aliphatic carbocycles. The van der Waals surface area contributed by atoms with Crippen LogP contribution in [0.15, 0.2) is 29.3 Å². The first-order valence-electron chi connectivity index (χ1n) is 7.03. The predicted molar refractivity (Wildman–Crippen MR) is 106 cm³/mol. The monoisotopic (exact) mass is 455 g/mol. The van der Waals surface area contributed by atoms with Gasteiger partial charge in [0.1, 0.15) is 0 Å². The third-order valence-corrected chi connectivity index (χ3v) is 5.74. The van der Waals surface area contributed by atoms with E-state index in [0.29, 0.717) is 6.61 Å². The van der Waals surface area contributed by atoms with E-state index in [1.807, 2.05) is 24.3 Å². The Morgan fingerprint density at radius 1 is 1.30 bits per heavy atom. The Bertz CT molecular complexity index is 625. The number of nitrogens with two attached hydrogens (primary N) is 1. The van der Waals surface area contributed by atoms with Gasteiger partial charge in [-0.15, -0.1) is 24.0 Å². The lowest BCUT2D eigenvalue weighted by atomic mass is 10.2. The molecule has 8 heteroatoms. The van der Waals surface area contributed by atoms with Crippen molar-refractivity contribution in [2.75, 3.05) is 24.7 Å². The Balaban J connectivity index is 0.00000484. The van der Waals surface area contributed by atoms with Crippen LogP contribution in [0.5, 0.6) is 0 Å². The molecular weight excluding hydrogens is 429 g/mol. The summed E-state index contributed by atoms with van der Waals surface area (Å²) in [5.41, 5.74) is 7.56. The number of rotatable bonds is 6. The number of ether oxygens (including phenoxy) is 1. The Morgan fingerprint density at radius 2 is 1.91 bits per heavy atom. The number of hydrogen-bond donors (Lipinski definition) is 2. The lowest BCUT2D eigenvalue weighted by molar-refractivity contribution is 0.185. The highest BCUT2D eigenvalue weighted by atomic mass is 127. The summed E-state index contributed by atoms with van der Waals surface area (Å²) < 4.78 is 28.3. The number of para-hydroxylation sites is 1. The smallest absolute Gasteiger partial charge is 0.193 e. The van der Waals surface area contributed by atoms with Crippen molar-refractivity contribution in [2.45, 2.75) is 32.1 Å². The van der Waals surface area contributed by atoms with Crippen molar-refractivity contribution in [1.29, 1.82) is 0 Å². The number of guanidine groups is 1. The number of methoxy groups -OCH3 is 1. The first-order chi connectivity index (χ1) is 10.2. The zero-order chi connectivity index (χ0) is 16.8. The zero-order valence-corrected chi connectivity index (χ0v) is 17.1. The molecular formula is C15H26IN3O3S. The van der Waals surface area contributed by atoms with Crippen LogP contribution < -0.4 is 11.1 Å². The third kappa shape index (κ3) is 7.05. The number of anilines is 1. The molecule has 0 aliphatic rings. The van der Waals surface area contributed by atoms with E-state index in [4.69, 9.17) is 10.5 Å². The molecule has 6 nitrogen and oxygen atoms in total. The van der Waals surface area contributed by atoms with Crippen molar-refractivity contribution in [2.24, 2.45) is 10.7 Å². The average Bonchev–Trinajstić information content (AvgIpc) is 2.39. The molecule has 0 saturated carbocycles. The van der Waals surface area contributed by atoms with Gasteiger partial charge in [-0.25, -0.2) is 8.42 Å². The Labute approximate surface area is 155 Å². The van der Waals surface area contributed by atoms with Crippen molar-refractivity contribution < 1.29 is 13.2 Å². The van der Waals surface area contributed by atoms with Gasteiger partial charge in [0.15, 0.2) is 15.8 Å². The summed E-state index contributed by atoms with van der Waals surface area (Å²) >= 11 is 0. The molecule has 0 bridgehead atoms. The fraction of sp³-hybridized carbons (Fsp3) is 0.533. The van der Waals surface area contributed by atoms with Crippen LogP contribution in [-0.4, -0.2) is 38.5 Å². The topological polar surface area (TPSA) is 93.8 Å². The SMILES string of the molecule is COCc1ccccc1NC(N)=NCCS(=O)(=O)C(C)(C)C.I. The summed E-state index contributed by atoms with van der Waals surface area (Å²) in [6, 6.07) is 7.56. The van der Waals surface area contributed by atoms with Gasteiger partial charge in [-0.3, -0.25) is 4.99 Å². The Kier molecular flexibility index (Phi) is 9.07. The molecule has 0 aliphatic heterocycles. The van der Waals surface area contributed by atoms with Gasteiger partial charge >= 0.3 is 0 Å². The van der Waals surface area contributed by atoms with E-state index < -0.39 is 14.6 Å². The summed E-state index contributed by atoms with van der Waals surface area (Å²) in [6.07, 6.45) is 0. The molecule has 0 atom stereocenters. The van der Waals surface area contributed by atoms with Crippen LogP contribution in [-0.2, 0) is 21.2 Å². The van der Waals surface area contributed by atoms with Crippen molar-refractivity contribution in [3.63, 3.8) is 0 Å². The predicted octanol–water partition coefficient (Wildman–Crippen LogP) is 2.39. The molecule has 1 aromatic carbocycles. The molecule has 0 unspecified atom stereocenters. The first kappa shape index (κ1) is 22.1. The molecule has 0 aromatic heterocycles. The maximum Gasteiger partial charge on any atom is 0.193 e. The molecule has 3 N–H and O–H groups in total. The molecule has 0 amide bonds. The number of aliphatic imine (C=N–C) groups is 1. The summed E-state index contributed by atoms with van der Waals surface area (Å²) in [7, 11) is -1.58. The van der Waals surface area contributed by atoms with Crippen molar-refractivity contribution in [3.8, 4) is 0 Å². The van der Waals surface area contributed by atoms with Crippen LogP contribution in [0.3, 0.4) is 0 Å². The molecule has 1 aromatic rings. The molecule has 0 fully saturated rings. The second-order valence-corrected chi connectivity index (χ2v) is 8.78. The quantitative estimate of drug-likeness (QED) is 0.390. The van der Waals surface area contributed by atoms with Crippen LogP contribution in [0, 0.1) is 0 Å². The van der Waals surface area contributed by atoms with E-state index in [0.717, 1.165) is 11.3 Å². The number of halogens is 1. The van der Waals surface area contributed by atoms with Gasteiger partial charge in [-0.2, -0.15) is 0 Å². The second kappa shape index (κ2) is 9.43. The normalized spacial score (nSPS) is 12.6. The van der Waals surface area contributed by atoms with E-state index in [2.05, 4.69) is 10.3 Å². The number of hydrogen-bond acceptors (Lipinski definition) is 4.